The summed E-state index contributed by atoms with van der Waals surface area (Å²) < 4.78 is 2.76. The van der Waals surface area contributed by atoms with Crippen molar-refractivity contribution in [3.8, 4) is 0 Å². The first-order valence-corrected chi connectivity index (χ1v) is 5.04. The predicted octanol–water partition coefficient (Wildman–Crippen LogP) is 2.09. The molecule has 1 atom stereocenters. The van der Waals surface area contributed by atoms with Gasteiger partial charge in [0.2, 0.25) is 5.28 Å². The molecular weight excluding hydrogens is 241 g/mol. The lowest BCUT2D eigenvalue weighted by Crippen LogP contribution is -2.21. The highest BCUT2D eigenvalue weighted by molar-refractivity contribution is 9.10. The van der Waals surface area contributed by atoms with Gasteiger partial charge in [-0.2, -0.15) is 0 Å². The Labute approximate surface area is 84.0 Å². The molecule has 1 aliphatic rings. The van der Waals surface area contributed by atoms with Gasteiger partial charge in [0.15, 0.2) is 0 Å². The van der Waals surface area contributed by atoms with Crippen LogP contribution in [-0.2, 0) is 6.54 Å². The first-order chi connectivity index (χ1) is 5.70. The maximum absolute atomic E-state index is 5.91. The van der Waals surface area contributed by atoms with E-state index in [1.54, 1.807) is 0 Å². The minimum absolute atomic E-state index is 0.0770. The molecular formula is C7H9BrClN3. The van der Waals surface area contributed by atoms with Crippen molar-refractivity contribution in [3.05, 3.63) is 15.6 Å². The molecule has 3 nitrogen and oxygen atoms in total. The summed E-state index contributed by atoms with van der Waals surface area (Å²) in [7, 11) is 0. The fourth-order valence-electron chi connectivity index (χ4n) is 1.58. The molecule has 1 aromatic rings. The van der Waals surface area contributed by atoms with E-state index < -0.39 is 0 Å². The molecule has 1 aliphatic heterocycles. The van der Waals surface area contributed by atoms with Gasteiger partial charge in [0.25, 0.3) is 0 Å². The Morgan fingerprint density at radius 1 is 1.67 bits per heavy atom. The van der Waals surface area contributed by atoms with Gasteiger partial charge >= 0.3 is 0 Å². The Balaban J connectivity index is 2.55. The van der Waals surface area contributed by atoms with Crippen molar-refractivity contribution in [3.63, 3.8) is 0 Å². The second kappa shape index (κ2) is 3.01. The number of nitrogens with zero attached hydrogens (tertiary/aromatic N) is 2. The van der Waals surface area contributed by atoms with Crippen LogP contribution in [0.25, 0.3) is 0 Å². The number of hydrogen-bond donors (Lipinski definition) is 1. The summed E-state index contributed by atoms with van der Waals surface area (Å²) in [6.45, 7) is 0.931. The van der Waals surface area contributed by atoms with Crippen LogP contribution in [0.3, 0.4) is 0 Å². The van der Waals surface area contributed by atoms with E-state index in [0.29, 0.717) is 5.28 Å². The lowest BCUT2D eigenvalue weighted by Gasteiger charge is -2.21. The normalized spacial score (nSPS) is 22.4. The summed E-state index contributed by atoms with van der Waals surface area (Å²) in [5.41, 5.74) is 6.94. The quantitative estimate of drug-likeness (QED) is 0.766. The van der Waals surface area contributed by atoms with Crippen molar-refractivity contribution in [2.45, 2.75) is 25.4 Å². The topological polar surface area (TPSA) is 43.8 Å². The Hall–Kier alpha value is -0.0600. The van der Waals surface area contributed by atoms with Crippen LogP contribution in [-0.4, -0.2) is 9.55 Å². The number of nitrogens with two attached hydrogens (primary N) is 1. The van der Waals surface area contributed by atoms with Crippen LogP contribution in [0.1, 0.15) is 24.6 Å². The van der Waals surface area contributed by atoms with Crippen molar-refractivity contribution in [1.82, 2.24) is 9.55 Å². The van der Waals surface area contributed by atoms with E-state index in [4.69, 9.17) is 17.3 Å². The minimum atomic E-state index is 0.0770. The highest BCUT2D eigenvalue weighted by atomic mass is 79.9. The summed E-state index contributed by atoms with van der Waals surface area (Å²) in [5.74, 6) is 0. The van der Waals surface area contributed by atoms with Crippen LogP contribution >= 0.6 is 27.5 Å². The van der Waals surface area contributed by atoms with Crippen molar-refractivity contribution in [2.24, 2.45) is 5.73 Å². The molecule has 0 amide bonds. The van der Waals surface area contributed by atoms with Crippen LogP contribution < -0.4 is 5.73 Å². The van der Waals surface area contributed by atoms with Gasteiger partial charge in [-0.15, -0.1) is 0 Å². The molecule has 2 heterocycles. The fraction of sp³-hybridized carbons (Fsp3) is 0.571. The monoisotopic (exact) mass is 249 g/mol. The van der Waals surface area contributed by atoms with E-state index in [0.717, 1.165) is 29.7 Å². The molecule has 0 fully saturated rings. The molecule has 0 aliphatic carbocycles. The first-order valence-electron chi connectivity index (χ1n) is 3.87. The van der Waals surface area contributed by atoms with Crippen LogP contribution in [0.4, 0.5) is 0 Å². The first kappa shape index (κ1) is 8.53. The van der Waals surface area contributed by atoms with Crippen LogP contribution in [0.5, 0.6) is 0 Å². The van der Waals surface area contributed by atoms with Gasteiger partial charge in [-0.3, -0.25) is 0 Å². The van der Waals surface area contributed by atoms with E-state index in [1.165, 1.54) is 0 Å². The van der Waals surface area contributed by atoms with Gasteiger partial charge in [-0.25, -0.2) is 4.98 Å². The molecule has 1 aromatic heterocycles. The van der Waals surface area contributed by atoms with Crippen molar-refractivity contribution in [1.29, 1.82) is 0 Å². The van der Waals surface area contributed by atoms with E-state index in [9.17, 15) is 0 Å². The summed E-state index contributed by atoms with van der Waals surface area (Å²) in [5, 5.41) is 0.534. The predicted molar refractivity (Wildman–Crippen MR) is 51.1 cm³/mol. The Morgan fingerprint density at radius 3 is 3.08 bits per heavy atom. The highest BCUT2D eigenvalue weighted by Gasteiger charge is 2.23. The fourth-order valence-corrected chi connectivity index (χ4v) is 2.62. The van der Waals surface area contributed by atoms with Crippen molar-refractivity contribution < 1.29 is 0 Å². The molecule has 12 heavy (non-hydrogen) atoms. The average molecular weight is 251 g/mol. The smallest absolute Gasteiger partial charge is 0.204 e. The van der Waals surface area contributed by atoms with Gasteiger partial charge in [0.1, 0.15) is 4.60 Å². The second-order valence-electron chi connectivity index (χ2n) is 2.96. The molecule has 0 aromatic carbocycles. The highest BCUT2D eigenvalue weighted by Crippen LogP contribution is 2.31. The summed E-state index contributed by atoms with van der Waals surface area (Å²) in [4.78, 5) is 4.11. The zero-order chi connectivity index (χ0) is 8.72. The van der Waals surface area contributed by atoms with E-state index >= 15 is 0 Å². The Kier molecular flexibility index (Phi) is 2.14. The Morgan fingerprint density at radius 2 is 2.42 bits per heavy atom. The molecule has 5 heteroatoms. The number of aromatic nitrogens is 2. The number of fused-ring (bicyclic) bond motifs is 1. The molecule has 0 spiro atoms. The summed E-state index contributed by atoms with van der Waals surface area (Å²) in [6.07, 6.45) is 2.09. The Bertz CT molecular complexity index is 310. The molecule has 2 N–H and O–H groups in total. The zero-order valence-corrected chi connectivity index (χ0v) is 8.77. The number of hydrogen-bond acceptors (Lipinski definition) is 2. The molecule has 66 valence electrons. The average Bonchev–Trinajstić information content (AvgIpc) is 2.29. The SMILES string of the molecule is NC1CCCn2c(Cl)nc(Br)c21. The van der Waals surface area contributed by atoms with E-state index in [1.807, 2.05) is 4.57 Å². The number of imidazole rings is 1. The number of halogens is 2. The third kappa shape index (κ3) is 1.18. The largest absolute Gasteiger partial charge is 0.323 e. The lowest BCUT2D eigenvalue weighted by atomic mass is 10.1. The molecule has 1 unspecified atom stereocenters. The molecule has 0 radical (unpaired) electrons. The minimum Gasteiger partial charge on any atom is -0.323 e. The standard InChI is InChI=1S/C7H9BrClN3/c8-6-5-4(10)2-1-3-12(5)7(9)11-6/h4H,1-3,10H2. The van der Waals surface area contributed by atoms with Crippen molar-refractivity contribution >= 4 is 27.5 Å². The summed E-state index contributed by atoms with van der Waals surface area (Å²) >= 11 is 9.24. The lowest BCUT2D eigenvalue weighted by molar-refractivity contribution is 0.462. The zero-order valence-electron chi connectivity index (χ0n) is 6.43. The van der Waals surface area contributed by atoms with E-state index in [-0.39, 0.29) is 6.04 Å². The molecule has 0 bridgehead atoms. The van der Waals surface area contributed by atoms with Crippen LogP contribution in [0.2, 0.25) is 5.28 Å². The third-order valence-corrected chi connectivity index (χ3v) is 3.04. The van der Waals surface area contributed by atoms with Gasteiger partial charge in [0.05, 0.1) is 5.69 Å². The van der Waals surface area contributed by atoms with Gasteiger partial charge in [0, 0.05) is 12.6 Å². The van der Waals surface area contributed by atoms with E-state index in [2.05, 4.69) is 20.9 Å². The van der Waals surface area contributed by atoms with Gasteiger partial charge in [-0.1, -0.05) is 0 Å². The van der Waals surface area contributed by atoms with Gasteiger partial charge < -0.3 is 10.3 Å². The van der Waals surface area contributed by atoms with Crippen LogP contribution in [0.15, 0.2) is 4.60 Å². The second-order valence-corrected chi connectivity index (χ2v) is 4.05. The maximum Gasteiger partial charge on any atom is 0.204 e. The molecule has 0 saturated heterocycles. The number of rotatable bonds is 0. The molecule has 0 saturated carbocycles. The third-order valence-electron chi connectivity index (χ3n) is 2.16. The van der Waals surface area contributed by atoms with Gasteiger partial charge in [-0.05, 0) is 40.4 Å². The summed E-state index contributed by atoms with van der Waals surface area (Å²) in [6, 6.07) is 0.0770. The molecule has 2 rings (SSSR count). The van der Waals surface area contributed by atoms with Crippen molar-refractivity contribution in [2.75, 3.05) is 0 Å². The van der Waals surface area contributed by atoms with Crippen LogP contribution in [0, 0.1) is 0 Å². The maximum atomic E-state index is 5.91.